The second-order valence-corrected chi connectivity index (χ2v) is 13.6. The summed E-state index contributed by atoms with van der Waals surface area (Å²) >= 11 is 0. The maximum Gasteiger partial charge on any atom is 0.136 e. The van der Waals surface area contributed by atoms with Crippen LogP contribution >= 0.6 is 0 Å². The van der Waals surface area contributed by atoms with Crippen LogP contribution in [0.5, 0.6) is 0 Å². The minimum Gasteiger partial charge on any atom is -0.456 e. The lowest BCUT2D eigenvalue weighted by molar-refractivity contribution is 0.669. The van der Waals surface area contributed by atoms with Gasteiger partial charge in [-0.3, -0.25) is 0 Å². The molecule has 0 aliphatic carbocycles. The summed E-state index contributed by atoms with van der Waals surface area (Å²) in [5.41, 5.74) is 11.4. The van der Waals surface area contributed by atoms with Gasteiger partial charge < -0.3 is 13.6 Å². The Morgan fingerprint density at radius 2 is 0.882 bits per heavy atom. The van der Waals surface area contributed by atoms with Crippen LogP contribution in [0.25, 0.3) is 110 Å². The normalized spacial score (nSPS) is 12.3. The highest BCUT2D eigenvalue weighted by Crippen LogP contribution is 2.48. The van der Waals surface area contributed by atoms with Crippen LogP contribution in [0.4, 0.5) is 0 Å². The molecule has 12 rings (SSSR count). The van der Waals surface area contributed by atoms with E-state index in [2.05, 4.69) is 179 Å². The lowest BCUT2D eigenvalue weighted by atomic mass is 9.89. The van der Waals surface area contributed by atoms with Gasteiger partial charge in [-0.25, -0.2) is 0 Å². The van der Waals surface area contributed by atoms with Gasteiger partial charge >= 0.3 is 0 Å². The number of rotatable bonds is 3. The van der Waals surface area contributed by atoms with Crippen molar-refractivity contribution < 1.29 is 4.42 Å². The van der Waals surface area contributed by atoms with E-state index in [1.54, 1.807) is 0 Å². The van der Waals surface area contributed by atoms with Crippen molar-refractivity contribution in [3.63, 3.8) is 0 Å². The van der Waals surface area contributed by atoms with Crippen molar-refractivity contribution in [2.24, 2.45) is 0 Å². The molecule has 0 aliphatic rings. The second kappa shape index (κ2) is 9.87. The van der Waals surface area contributed by atoms with Crippen LogP contribution < -0.4 is 0 Å². The average Bonchev–Trinajstić information content (AvgIpc) is 3.84. The molecular weight excluding hydrogens is 621 g/mol. The first-order valence-electron chi connectivity index (χ1n) is 17.5. The van der Waals surface area contributed by atoms with Crippen molar-refractivity contribution in [3.05, 3.63) is 170 Å². The topological polar surface area (TPSA) is 23.0 Å². The third-order valence-corrected chi connectivity index (χ3v) is 11.1. The van der Waals surface area contributed by atoms with E-state index in [9.17, 15) is 0 Å². The van der Waals surface area contributed by atoms with Gasteiger partial charge in [-0.15, -0.1) is 0 Å². The largest absolute Gasteiger partial charge is 0.456 e. The zero-order chi connectivity index (χ0) is 33.2. The smallest absolute Gasteiger partial charge is 0.136 e. The van der Waals surface area contributed by atoms with E-state index >= 15 is 0 Å². The third kappa shape index (κ3) is 3.52. The Bertz CT molecular complexity index is 3360. The van der Waals surface area contributed by atoms with Gasteiger partial charge in [-0.1, -0.05) is 109 Å². The molecule has 12 aromatic rings. The minimum absolute atomic E-state index is 0.928. The fraction of sp³-hybridized carbons (Fsp3) is 0. The molecule has 9 aromatic carbocycles. The number of hydrogen-bond acceptors (Lipinski definition) is 1. The quantitative estimate of drug-likeness (QED) is 0.175. The molecular formula is C48H28N2O. The number of benzene rings is 9. The summed E-state index contributed by atoms with van der Waals surface area (Å²) in [5, 5.41) is 12.3. The number of hydrogen-bond donors (Lipinski definition) is 0. The van der Waals surface area contributed by atoms with Crippen LogP contribution in [0, 0.1) is 0 Å². The summed E-state index contributed by atoms with van der Waals surface area (Å²) in [6, 6.07) is 61.7. The molecule has 0 radical (unpaired) electrons. The Morgan fingerprint density at radius 1 is 0.314 bits per heavy atom. The first-order chi connectivity index (χ1) is 25.3. The molecule has 0 bridgehead atoms. The molecule has 3 heterocycles. The summed E-state index contributed by atoms with van der Waals surface area (Å²) < 4.78 is 11.4. The Kier molecular flexibility index (Phi) is 5.23. The predicted octanol–water partition coefficient (Wildman–Crippen LogP) is 13.2. The first kappa shape index (κ1) is 27.0. The molecule has 236 valence electrons. The highest BCUT2D eigenvalue weighted by Gasteiger charge is 2.23. The van der Waals surface area contributed by atoms with Gasteiger partial charge in [0.15, 0.2) is 0 Å². The van der Waals surface area contributed by atoms with Crippen molar-refractivity contribution in [3.8, 4) is 22.5 Å². The molecule has 0 atom stereocenters. The molecule has 0 unspecified atom stereocenters. The third-order valence-electron chi connectivity index (χ3n) is 11.1. The zero-order valence-electron chi connectivity index (χ0n) is 27.5. The predicted molar refractivity (Wildman–Crippen MR) is 214 cm³/mol. The SMILES string of the molecule is c1ccc(-n2c3ccccc3c3cc4c(cc32)c2ccccc2n4-c2ccccc2-c2ccc3oc4cccc5c6ccccc6c2c3c45)cc1. The number of furan rings is 1. The maximum atomic E-state index is 6.50. The fourth-order valence-electron chi connectivity index (χ4n) is 9.02. The highest BCUT2D eigenvalue weighted by molar-refractivity contribution is 6.35. The molecule has 0 aliphatic heterocycles. The molecule has 0 saturated carbocycles. The van der Waals surface area contributed by atoms with Crippen LogP contribution in [-0.4, -0.2) is 9.13 Å². The Balaban J connectivity index is 1.22. The minimum atomic E-state index is 0.928. The Hall–Kier alpha value is -6.84. The summed E-state index contributed by atoms with van der Waals surface area (Å²) in [4.78, 5) is 0. The van der Waals surface area contributed by atoms with E-state index in [1.807, 2.05) is 0 Å². The number of aromatic nitrogens is 2. The van der Waals surface area contributed by atoms with Crippen molar-refractivity contribution in [1.29, 1.82) is 0 Å². The average molecular weight is 649 g/mol. The van der Waals surface area contributed by atoms with Crippen LogP contribution in [0.1, 0.15) is 0 Å². The number of nitrogens with zero attached hydrogens (tertiary/aromatic N) is 2. The Labute approximate surface area is 292 Å². The monoisotopic (exact) mass is 648 g/mol. The summed E-state index contributed by atoms with van der Waals surface area (Å²) in [6.07, 6.45) is 0. The van der Waals surface area contributed by atoms with E-state index < -0.39 is 0 Å². The first-order valence-corrected chi connectivity index (χ1v) is 17.5. The Morgan fingerprint density at radius 3 is 1.67 bits per heavy atom. The van der Waals surface area contributed by atoms with E-state index in [0.717, 1.165) is 22.5 Å². The molecule has 3 aromatic heterocycles. The van der Waals surface area contributed by atoms with Gasteiger partial charge in [0.25, 0.3) is 0 Å². The van der Waals surface area contributed by atoms with Gasteiger partial charge in [0.05, 0.1) is 27.8 Å². The van der Waals surface area contributed by atoms with Crippen LogP contribution in [0.3, 0.4) is 0 Å². The standard InChI is InChI=1S/C48H28N2O/c1-2-13-29(14-3-1)49-39-21-9-7-17-32(39)37-28-43-38(27-42(37)49)33-18-8-11-23-41(33)50(43)40-22-10-6-16-31(40)36-25-26-45-48-46(36)34-19-5-4-15-30(34)35-20-12-24-44(51-45)47(35)48/h1-28H. The van der Waals surface area contributed by atoms with Gasteiger partial charge in [0.1, 0.15) is 11.2 Å². The summed E-state index contributed by atoms with van der Waals surface area (Å²) in [6.45, 7) is 0. The van der Waals surface area contributed by atoms with Crippen molar-refractivity contribution in [2.75, 3.05) is 0 Å². The molecule has 3 heteroatoms. The molecule has 0 amide bonds. The van der Waals surface area contributed by atoms with E-state index in [1.165, 1.54) is 87.1 Å². The number of fused-ring (bicyclic) bond motifs is 9. The maximum absolute atomic E-state index is 6.50. The van der Waals surface area contributed by atoms with E-state index in [0.29, 0.717) is 0 Å². The molecule has 0 spiro atoms. The number of para-hydroxylation sites is 4. The highest BCUT2D eigenvalue weighted by atomic mass is 16.3. The molecule has 3 nitrogen and oxygen atoms in total. The van der Waals surface area contributed by atoms with Gasteiger partial charge in [-0.2, -0.15) is 0 Å². The van der Waals surface area contributed by atoms with Crippen LogP contribution in [-0.2, 0) is 0 Å². The van der Waals surface area contributed by atoms with E-state index in [-0.39, 0.29) is 0 Å². The molecule has 0 N–H and O–H groups in total. The second-order valence-electron chi connectivity index (χ2n) is 13.6. The fourth-order valence-corrected chi connectivity index (χ4v) is 9.02. The molecule has 0 saturated heterocycles. The van der Waals surface area contributed by atoms with Crippen molar-refractivity contribution in [1.82, 2.24) is 9.13 Å². The van der Waals surface area contributed by atoms with Gasteiger partial charge in [0.2, 0.25) is 0 Å². The van der Waals surface area contributed by atoms with Gasteiger partial charge in [0, 0.05) is 49.0 Å². The molecule has 0 fully saturated rings. The summed E-state index contributed by atoms with van der Waals surface area (Å²) in [5.74, 6) is 0. The van der Waals surface area contributed by atoms with E-state index in [4.69, 9.17) is 4.42 Å². The van der Waals surface area contributed by atoms with Crippen molar-refractivity contribution in [2.45, 2.75) is 0 Å². The van der Waals surface area contributed by atoms with Crippen molar-refractivity contribution >= 4 is 87.1 Å². The van der Waals surface area contributed by atoms with Crippen LogP contribution in [0.15, 0.2) is 174 Å². The summed E-state index contributed by atoms with van der Waals surface area (Å²) in [7, 11) is 0. The molecule has 51 heavy (non-hydrogen) atoms. The lowest BCUT2D eigenvalue weighted by Crippen LogP contribution is -1.98. The zero-order valence-corrected chi connectivity index (χ0v) is 27.5. The lowest BCUT2D eigenvalue weighted by Gasteiger charge is -2.17. The van der Waals surface area contributed by atoms with Gasteiger partial charge in [-0.05, 0) is 82.4 Å². The van der Waals surface area contributed by atoms with Crippen LogP contribution in [0.2, 0.25) is 0 Å².